The van der Waals surface area contributed by atoms with Crippen molar-refractivity contribution in [2.24, 2.45) is 0 Å². The van der Waals surface area contributed by atoms with E-state index >= 15 is 0 Å². The van der Waals surface area contributed by atoms with Crippen molar-refractivity contribution in [2.45, 2.75) is 52.2 Å². The fraction of sp³-hybridized carbons (Fsp3) is 0.190. The van der Waals surface area contributed by atoms with Crippen LogP contribution in [0.25, 0.3) is 53.8 Å². The van der Waals surface area contributed by atoms with Crippen LogP contribution in [0.3, 0.4) is 0 Å². The molecule has 0 fully saturated rings. The van der Waals surface area contributed by atoms with Gasteiger partial charge < -0.3 is 9.97 Å². The molecule has 7 aromatic rings. The molecule has 4 aromatic carbocycles. The smallest absolute Gasteiger partial charge is 0.0795 e. The molecule has 2 nitrogen and oxygen atoms in total. The average Bonchev–Trinajstić information content (AvgIpc) is 3.49. The number of pyridine rings is 2. The minimum absolute atomic E-state index is 0. The molecule has 0 saturated heterocycles. The third-order valence-electron chi connectivity index (χ3n) is 8.65. The molecule has 3 aromatic heterocycles. The molecule has 0 saturated carbocycles. The third-order valence-corrected chi connectivity index (χ3v) is 11.9. The monoisotopic (exact) mass is 825 g/mol. The van der Waals surface area contributed by atoms with Gasteiger partial charge in [-0.15, -0.1) is 59.7 Å². The van der Waals surface area contributed by atoms with E-state index in [4.69, 9.17) is 4.98 Å². The Kier molecular flexibility index (Phi) is 11.4. The first kappa shape index (κ1) is 34.6. The molecule has 239 valence electrons. The third kappa shape index (κ3) is 7.71. The number of hydrogen-bond donors (Lipinski definition) is 0. The number of fused-ring (bicyclic) bond motifs is 3. The van der Waals surface area contributed by atoms with E-state index in [0.717, 1.165) is 35.4 Å². The van der Waals surface area contributed by atoms with Crippen molar-refractivity contribution in [1.29, 1.82) is 0 Å². The van der Waals surface area contributed by atoms with Crippen LogP contribution < -0.4 is 5.19 Å². The molecular weight excluding hydrogens is 785 g/mol. The number of nitrogens with zero attached hydrogens (tertiary/aromatic N) is 2. The molecule has 0 bridgehead atoms. The van der Waals surface area contributed by atoms with Crippen LogP contribution in [-0.2, 0) is 20.1 Å². The minimum atomic E-state index is -1.23. The summed E-state index contributed by atoms with van der Waals surface area (Å²) in [6.45, 7) is 11.5. The van der Waals surface area contributed by atoms with Gasteiger partial charge in [-0.2, -0.15) is 11.3 Å². The number of benzene rings is 4. The Morgan fingerprint density at radius 1 is 0.745 bits per heavy atom. The van der Waals surface area contributed by atoms with Crippen LogP contribution in [-0.4, -0.2) is 18.0 Å². The average molecular weight is 825 g/mol. The van der Waals surface area contributed by atoms with Crippen LogP contribution in [0.1, 0.15) is 38.2 Å². The van der Waals surface area contributed by atoms with E-state index in [-0.39, 0.29) is 20.1 Å². The summed E-state index contributed by atoms with van der Waals surface area (Å²) in [5.74, 6) is 0.582. The van der Waals surface area contributed by atoms with Gasteiger partial charge >= 0.3 is 0 Å². The maximum Gasteiger partial charge on any atom is 0.0795 e. The zero-order valence-electron chi connectivity index (χ0n) is 27.7. The summed E-state index contributed by atoms with van der Waals surface area (Å²) in [5, 5.41) is 4.01. The van der Waals surface area contributed by atoms with Gasteiger partial charge in [-0.3, -0.25) is 0 Å². The van der Waals surface area contributed by atoms with E-state index < -0.39 is 8.07 Å². The molecule has 0 aliphatic rings. The van der Waals surface area contributed by atoms with Gasteiger partial charge in [0.2, 0.25) is 0 Å². The maximum absolute atomic E-state index is 4.74. The quantitative estimate of drug-likeness (QED) is 0.118. The summed E-state index contributed by atoms with van der Waals surface area (Å²) in [6.07, 6.45) is 6.27. The zero-order chi connectivity index (χ0) is 32.1. The molecule has 5 heteroatoms. The number of hydrogen-bond acceptors (Lipinski definition) is 3. The molecule has 1 radical (unpaired) electrons. The van der Waals surface area contributed by atoms with Crippen LogP contribution in [0.15, 0.2) is 122 Å². The first-order valence-electron chi connectivity index (χ1n) is 16.2. The summed E-state index contributed by atoms with van der Waals surface area (Å²) >= 11 is 1.85. The first-order chi connectivity index (χ1) is 22.4. The van der Waals surface area contributed by atoms with Crippen molar-refractivity contribution in [3.63, 3.8) is 0 Å². The Morgan fingerprint density at radius 3 is 2.21 bits per heavy atom. The van der Waals surface area contributed by atoms with E-state index in [2.05, 4.69) is 136 Å². The van der Waals surface area contributed by atoms with Crippen molar-refractivity contribution < 1.29 is 20.1 Å². The molecule has 0 spiro atoms. The number of thiophene rings is 1. The van der Waals surface area contributed by atoms with E-state index in [0.29, 0.717) is 5.92 Å². The molecule has 0 N–H and O–H groups in total. The molecule has 0 aliphatic heterocycles. The van der Waals surface area contributed by atoms with Crippen LogP contribution in [0.2, 0.25) is 19.6 Å². The van der Waals surface area contributed by atoms with Gasteiger partial charge in [0.05, 0.1) is 8.07 Å². The molecule has 7 rings (SSSR count). The fourth-order valence-electron chi connectivity index (χ4n) is 5.99. The van der Waals surface area contributed by atoms with Gasteiger partial charge in [0.15, 0.2) is 0 Å². The van der Waals surface area contributed by atoms with Crippen molar-refractivity contribution in [3.05, 3.63) is 139 Å². The van der Waals surface area contributed by atoms with Crippen molar-refractivity contribution in [2.75, 3.05) is 0 Å². The van der Waals surface area contributed by atoms with Crippen LogP contribution in [0.5, 0.6) is 0 Å². The largest absolute Gasteiger partial charge is 0.305 e. The predicted octanol–water partition coefficient (Wildman–Crippen LogP) is 11.6. The topological polar surface area (TPSA) is 25.8 Å². The Hall–Kier alpha value is -3.73. The van der Waals surface area contributed by atoms with Crippen LogP contribution in [0.4, 0.5) is 0 Å². The molecule has 3 heterocycles. The van der Waals surface area contributed by atoms with E-state index in [9.17, 15) is 0 Å². The Morgan fingerprint density at radius 2 is 1.53 bits per heavy atom. The summed E-state index contributed by atoms with van der Waals surface area (Å²) in [5.41, 5.74) is 8.12. The summed E-state index contributed by atoms with van der Waals surface area (Å²) in [7, 11) is -1.23. The predicted molar refractivity (Wildman–Crippen MR) is 202 cm³/mol. The molecular formula is C42H40IrN2SSi-2. The second-order valence-corrected chi connectivity index (χ2v) is 18.8. The normalized spacial score (nSPS) is 11.3. The van der Waals surface area contributed by atoms with Gasteiger partial charge in [0, 0.05) is 37.2 Å². The molecule has 0 atom stereocenters. The molecule has 0 amide bonds. The molecule has 0 aliphatic carbocycles. The Balaban J connectivity index is 0.000000217. The maximum atomic E-state index is 4.74. The zero-order valence-corrected chi connectivity index (χ0v) is 31.9. The Labute approximate surface area is 298 Å². The van der Waals surface area contributed by atoms with E-state index in [1.807, 2.05) is 48.0 Å². The summed E-state index contributed by atoms with van der Waals surface area (Å²) < 4.78 is 2.58. The van der Waals surface area contributed by atoms with Crippen molar-refractivity contribution in [1.82, 2.24) is 9.97 Å². The van der Waals surface area contributed by atoms with E-state index in [1.165, 1.54) is 42.0 Å². The van der Waals surface area contributed by atoms with Gasteiger partial charge in [0.1, 0.15) is 0 Å². The standard InChI is InChI=1S/C28H24NS.C14H16NSi.Ir/c1-3-19(4-2)21-16-17-29-25(18-21)23-13-8-14-24-27-22(20-10-6-5-7-11-20)12-9-15-26(27)30-28(23)24;1-16(2,3)13-9-10-14(15-11-13)12-7-5-4-6-8-12;/h5-12,14-19H,3-4H2,1-2H3;4-7,9-11H,1-3H3;/q2*-1;. The van der Waals surface area contributed by atoms with Gasteiger partial charge in [-0.1, -0.05) is 105 Å². The summed E-state index contributed by atoms with van der Waals surface area (Å²) in [6, 6.07) is 44.9. The first-order valence-corrected chi connectivity index (χ1v) is 20.5. The Bertz CT molecular complexity index is 2050. The minimum Gasteiger partial charge on any atom is -0.305 e. The number of rotatable bonds is 7. The number of aromatic nitrogens is 2. The van der Waals surface area contributed by atoms with Crippen molar-refractivity contribution >= 4 is 44.8 Å². The fourth-order valence-corrected chi connectivity index (χ4v) is 8.26. The summed E-state index contributed by atoms with van der Waals surface area (Å²) in [4.78, 5) is 9.26. The van der Waals surface area contributed by atoms with Crippen LogP contribution in [0, 0.1) is 12.1 Å². The van der Waals surface area contributed by atoms with E-state index in [1.54, 1.807) is 0 Å². The van der Waals surface area contributed by atoms with Crippen molar-refractivity contribution in [3.8, 4) is 33.6 Å². The second kappa shape index (κ2) is 15.4. The molecule has 0 unspecified atom stereocenters. The van der Waals surface area contributed by atoms with Crippen LogP contribution >= 0.6 is 11.3 Å². The molecule has 47 heavy (non-hydrogen) atoms. The van der Waals surface area contributed by atoms with Gasteiger partial charge in [-0.25, -0.2) is 0 Å². The SMILES string of the molecule is CCC(CC)c1ccnc(-c2[c-]ccc3c2sc2cccc(-c4ccccc4)c23)c1.C[Si](C)(C)c1ccc(-c2[c-]cccc2)nc1.[Ir]. The van der Waals surface area contributed by atoms with Gasteiger partial charge in [-0.05, 0) is 68.7 Å². The second-order valence-electron chi connectivity index (χ2n) is 12.7. The van der Waals surface area contributed by atoms with Gasteiger partial charge in [0.25, 0.3) is 0 Å².